The number of halogens is 4. The molecule has 13 heteroatoms. The Kier molecular flexibility index (Phi) is 12.0. The van der Waals surface area contributed by atoms with Crippen LogP contribution < -0.4 is 10.0 Å². The Morgan fingerprint density at radius 3 is 2.24 bits per heavy atom. The number of carboxylic acid groups (broad SMARTS) is 1. The Bertz CT molecular complexity index is 1170. The molecule has 0 bridgehead atoms. The SMILES string of the molecule is CCCCCN1CCC(NS(=O)(=O)c2cccc(C(=O)Nc3ccc(Cl)cc3)c2)CC1.O=C(O)C(F)(F)F. The zero-order valence-corrected chi connectivity index (χ0v) is 22.4. The Hall–Kier alpha value is -2.67. The molecule has 1 heterocycles. The van der Waals surface area contributed by atoms with Gasteiger partial charge in [-0.05, 0) is 81.4 Å². The lowest BCUT2D eigenvalue weighted by Crippen LogP contribution is -2.44. The predicted octanol–water partition coefficient (Wildman–Crippen LogP) is 5.16. The van der Waals surface area contributed by atoms with Crippen molar-refractivity contribution in [2.75, 3.05) is 25.0 Å². The second kappa shape index (κ2) is 14.5. The molecule has 3 N–H and O–H groups in total. The van der Waals surface area contributed by atoms with Gasteiger partial charge in [0, 0.05) is 22.3 Å². The highest BCUT2D eigenvalue weighted by Crippen LogP contribution is 2.19. The maximum Gasteiger partial charge on any atom is 0.490 e. The van der Waals surface area contributed by atoms with Gasteiger partial charge in [-0.25, -0.2) is 17.9 Å². The highest BCUT2D eigenvalue weighted by Gasteiger charge is 2.38. The summed E-state index contributed by atoms with van der Waals surface area (Å²) in [5, 5.41) is 10.5. The summed E-state index contributed by atoms with van der Waals surface area (Å²) in [6.45, 7) is 5.08. The third-order valence-corrected chi connectivity index (χ3v) is 7.51. The Balaban J connectivity index is 0.000000638. The molecule has 1 aliphatic rings. The number of amides is 1. The van der Waals surface area contributed by atoms with E-state index in [-0.39, 0.29) is 22.4 Å². The fraction of sp³-hybridized carbons (Fsp3) is 0.440. The number of nitrogens with one attached hydrogen (secondary N) is 2. The summed E-state index contributed by atoms with van der Waals surface area (Å²) in [4.78, 5) is 23.9. The first kappa shape index (κ1) is 31.5. The number of hydrogen-bond donors (Lipinski definition) is 3. The normalized spacial score (nSPS) is 14.9. The highest BCUT2D eigenvalue weighted by molar-refractivity contribution is 7.89. The van der Waals surface area contributed by atoms with Crippen LogP contribution in [0.25, 0.3) is 0 Å². The van der Waals surface area contributed by atoms with Crippen LogP contribution in [0.15, 0.2) is 53.4 Å². The molecule has 2 aromatic rings. The van der Waals surface area contributed by atoms with Gasteiger partial charge in [-0.3, -0.25) is 4.79 Å². The molecule has 1 aliphatic heterocycles. The number of alkyl halides is 3. The van der Waals surface area contributed by atoms with Crippen LogP contribution in [0.2, 0.25) is 5.02 Å². The van der Waals surface area contributed by atoms with Crippen molar-refractivity contribution in [1.82, 2.24) is 9.62 Å². The Labute approximate surface area is 225 Å². The van der Waals surface area contributed by atoms with E-state index >= 15 is 0 Å². The Morgan fingerprint density at radius 1 is 1.08 bits per heavy atom. The number of unbranched alkanes of at least 4 members (excludes halogenated alkanes) is 2. The predicted molar refractivity (Wildman–Crippen MR) is 139 cm³/mol. The molecule has 0 unspecified atom stereocenters. The smallest absolute Gasteiger partial charge is 0.475 e. The number of anilines is 1. The van der Waals surface area contributed by atoms with Crippen LogP contribution in [0.5, 0.6) is 0 Å². The van der Waals surface area contributed by atoms with Crippen LogP contribution in [0.1, 0.15) is 49.4 Å². The average molecular weight is 578 g/mol. The quantitative estimate of drug-likeness (QED) is 0.355. The van der Waals surface area contributed by atoms with Crippen molar-refractivity contribution in [2.45, 2.75) is 56.1 Å². The molecular weight excluding hydrogens is 547 g/mol. The second-order valence-corrected chi connectivity index (χ2v) is 10.9. The number of sulfonamides is 1. The van der Waals surface area contributed by atoms with E-state index in [1.165, 1.54) is 31.4 Å². The van der Waals surface area contributed by atoms with Crippen molar-refractivity contribution >= 4 is 39.2 Å². The summed E-state index contributed by atoms with van der Waals surface area (Å²) < 4.78 is 60.3. The van der Waals surface area contributed by atoms with Gasteiger partial charge in [-0.15, -0.1) is 0 Å². The molecule has 38 heavy (non-hydrogen) atoms. The van der Waals surface area contributed by atoms with Crippen molar-refractivity contribution in [2.24, 2.45) is 0 Å². The first-order valence-corrected chi connectivity index (χ1v) is 13.9. The molecule has 1 amide bonds. The van der Waals surface area contributed by atoms with Crippen LogP contribution in [-0.2, 0) is 14.8 Å². The number of hydrogen-bond acceptors (Lipinski definition) is 5. The molecule has 0 aliphatic carbocycles. The third kappa shape index (κ3) is 10.6. The maximum atomic E-state index is 12.9. The third-order valence-electron chi connectivity index (χ3n) is 5.74. The molecule has 0 aromatic heterocycles. The van der Waals surface area contributed by atoms with Crippen molar-refractivity contribution in [1.29, 1.82) is 0 Å². The van der Waals surface area contributed by atoms with Gasteiger partial charge in [0.25, 0.3) is 5.91 Å². The van der Waals surface area contributed by atoms with E-state index in [2.05, 4.69) is 21.9 Å². The molecule has 0 radical (unpaired) electrons. The van der Waals surface area contributed by atoms with Gasteiger partial charge in [0.15, 0.2) is 0 Å². The van der Waals surface area contributed by atoms with Crippen molar-refractivity contribution in [3.63, 3.8) is 0 Å². The van der Waals surface area contributed by atoms with E-state index in [1.807, 2.05) is 0 Å². The van der Waals surface area contributed by atoms with E-state index in [9.17, 15) is 26.4 Å². The number of nitrogens with zero attached hydrogens (tertiary/aromatic N) is 1. The molecule has 3 rings (SSSR count). The van der Waals surface area contributed by atoms with E-state index in [1.54, 1.807) is 36.4 Å². The molecule has 210 valence electrons. The van der Waals surface area contributed by atoms with E-state index < -0.39 is 22.2 Å². The largest absolute Gasteiger partial charge is 0.490 e. The van der Waals surface area contributed by atoms with Gasteiger partial charge >= 0.3 is 12.1 Å². The van der Waals surface area contributed by atoms with E-state index in [0.29, 0.717) is 10.7 Å². The average Bonchev–Trinajstić information content (AvgIpc) is 2.86. The zero-order valence-electron chi connectivity index (χ0n) is 20.8. The lowest BCUT2D eigenvalue weighted by molar-refractivity contribution is -0.192. The number of piperidine rings is 1. The monoisotopic (exact) mass is 577 g/mol. The number of rotatable bonds is 9. The molecule has 8 nitrogen and oxygen atoms in total. The number of carboxylic acids is 1. The van der Waals surface area contributed by atoms with Crippen LogP contribution in [-0.4, -0.2) is 62.2 Å². The fourth-order valence-electron chi connectivity index (χ4n) is 3.69. The second-order valence-electron chi connectivity index (χ2n) is 8.74. The van der Waals surface area contributed by atoms with E-state index in [4.69, 9.17) is 21.5 Å². The highest BCUT2D eigenvalue weighted by atomic mass is 35.5. The van der Waals surface area contributed by atoms with Crippen LogP contribution in [0.4, 0.5) is 18.9 Å². The summed E-state index contributed by atoms with van der Waals surface area (Å²) in [7, 11) is -3.70. The summed E-state index contributed by atoms with van der Waals surface area (Å²) >= 11 is 5.86. The van der Waals surface area contributed by atoms with Crippen molar-refractivity contribution in [3.8, 4) is 0 Å². The molecular formula is C25H31ClF3N3O5S. The van der Waals surface area contributed by atoms with Gasteiger partial charge in [0.05, 0.1) is 4.90 Å². The first-order valence-electron chi connectivity index (χ1n) is 12.0. The summed E-state index contributed by atoms with van der Waals surface area (Å²) in [6, 6.07) is 12.8. The van der Waals surface area contributed by atoms with Crippen LogP contribution in [0.3, 0.4) is 0 Å². The van der Waals surface area contributed by atoms with Gasteiger partial charge in [0.1, 0.15) is 0 Å². The number of carbonyl (C=O) groups is 2. The van der Waals surface area contributed by atoms with Crippen molar-refractivity contribution < 1.29 is 36.3 Å². The van der Waals surface area contributed by atoms with Crippen LogP contribution in [0, 0.1) is 0 Å². The summed E-state index contributed by atoms with van der Waals surface area (Å²) in [6.07, 6.45) is 0.128. The number of likely N-dealkylation sites (tertiary alicyclic amines) is 1. The molecule has 0 atom stereocenters. The number of aliphatic carboxylic acids is 1. The minimum atomic E-state index is -5.08. The lowest BCUT2D eigenvalue weighted by atomic mass is 10.1. The molecule has 1 saturated heterocycles. The minimum absolute atomic E-state index is 0.0843. The van der Waals surface area contributed by atoms with Gasteiger partial charge in [-0.2, -0.15) is 13.2 Å². The fourth-order valence-corrected chi connectivity index (χ4v) is 5.16. The van der Waals surface area contributed by atoms with Gasteiger partial charge < -0.3 is 15.3 Å². The standard InChI is InChI=1S/C23H30ClN3O3S.C2HF3O2/c1-2-3-4-14-27-15-12-21(13-16-27)26-31(29,30)22-7-5-6-18(17-22)23(28)25-20-10-8-19(24)9-11-20;3-2(4,5)1(6)7/h5-11,17,21,26H,2-4,12-16H2,1H3,(H,25,28);(H,6,7). The number of benzene rings is 2. The molecule has 0 spiro atoms. The van der Waals surface area contributed by atoms with Gasteiger partial charge in [-0.1, -0.05) is 37.4 Å². The zero-order chi connectivity index (χ0) is 28.3. The molecule has 2 aromatic carbocycles. The summed E-state index contributed by atoms with van der Waals surface area (Å²) in [5.74, 6) is -3.13. The first-order chi connectivity index (χ1) is 17.8. The Morgan fingerprint density at radius 2 is 1.68 bits per heavy atom. The number of carbonyl (C=O) groups excluding carboxylic acids is 1. The van der Waals surface area contributed by atoms with Gasteiger partial charge in [0.2, 0.25) is 10.0 Å². The molecule has 1 fully saturated rings. The van der Waals surface area contributed by atoms with E-state index in [0.717, 1.165) is 32.5 Å². The van der Waals surface area contributed by atoms with Crippen molar-refractivity contribution in [3.05, 3.63) is 59.1 Å². The topological polar surface area (TPSA) is 116 Å². The molecule has 0 saturated carbocycles. The maximum absolute atomic E-state index is 12.9. The lowest BCUT2D eigenvalue weighted by Gasteiger charge is -2.32. The van der Waals surface area contributed by atoms with Crippen LogP contribution >= 0.6 is 11.6 Å². The minimum Gasteiger partial charge on any atom is -0.475 e. The summed E-state index contributed by atoms with van der Waals surface area (Å²) in [5.41, 5.74) is 0.870.